The Bertz CT molecular complexity index is 243. The van der Waals surface area contributed by atoms with Crippen molar-refractivity contribution in [3.05, 3.63) is 0 Å². The Morgan fingerprint density at radius 2 is 2.13 bits per heavy atom. The van der Waals surface area contributed by atoms with E-state index in [4.69, 9.17) is 4.74 Å². The van der Waals surface area contributed by atoms with Gasteiger partial charge in [0.15, 0.2) is 5.60 Å². The average Bonchev–Trinajstić information content (AvgIpc) is 2.17. The lowest BCUT2D eigenvalue weighted by Crippen LogP contribution is -2.46. The monoisotopic (exact) mass is 209 g/mol. The highest BCUT2D eigenvalue weighted by Crippen LogP contribution is 2.42. The van der Waals surface area contributed by atoms with Crippen LogP contribution < -0.4 is 0 Å². The van der Waals surface area contributed by atoms with Crippen LogP contribution in [0.1, 0.15) is 47.0 Å². The zero-order valence-electron chi connectivity index (χ0n) is 10.4. The minimum absolute atomic E-state index is 0.402. The van der Waals surface area contributed by atoms with Crippen LogP contribution in [0.5, 0.6) is 0 Å². The van der Waals surface area contributed by atoms with Gasteiger partial charge < -0.3 is 4.74 Å². The third kappa shape index (κ3) is 2.52. The van der Waals surface area contributed by atoms with Gasteiger partial charge in [0, 0.05) is 12.5 Å². The molecule has 1 aliphatic carbocycles. The number of nitrogens with zero attached hydrogens (tertiary/aromatic N) is 1. The molecule has 0 radical (unpaired) electrons. The summed E-state index contributed by atoms with van der Waals surface area (Å²) in [7, 11) is 0. The summed E-state index contributed by atoms with van der Waals surface area (Å²) < 4.78 is 5.80. The largest absolute Gasteiger partial charge is 0.360 e. The minimum Gasteiger partial charge on any atom is -0.360 e. The first-order valence-corrected chi connectivity index (χ1v) is 6.11. The molecule has 86 valence electrons. The molecule has 0 aromatic carbocycles. The van der Waals surface area contributed by atoms with Crippen LogP contribution in [0.15, 0.2) is 0 Å². The fourth-order valence-electron chi connectivity index (χ4n) is 2.92. The van der Waals surface area contributed by atoms with E-state index < -0.39 is 5.60 Å². The highest BCUT2D eigenvalue weighted by molar-refractivity contribution is 5.09. The Kier molecular flexibility index (Phi) is 4.16. The van der Waals surface area contributed by atoms with E-state index in [1.54, 1.807) is 0 Å². The second-order valence-electron chi connectivity index (χ2n) is 5.17. The maximum absolute atomic E-state index is 9.43. The van der Waals surface area contributed by atoms with Crippen molar-refractivity contribution in [2.75, 3.05) is 6.61 Å². The van der Waals surface area contributed by atoms with Gasteiger partial charge in [-0.3, -0.25) is 0 Å². The fraction of sp³-hybridized carbons (Fsp3) is 0.923. The molecule has 3 unspecified atom stereocenters. The molecule has 0 spiro atoms. The molecule has 0 aliphatic heterocycles. The van der Waals surface area contributed by atoms with Crippen LogP contribution in [-0.4, -0.2) is 12.2 Å². The maximum Gasteiger partial charge on any atom is 0.157 e. The molecule has 1 saturated carbocycles. The predicted molar refractivity (Wildman–Crippen MR) is 61.3 cm³/mol. The van der Waals surface area contributed by atoms with Crippen molar-refractivity contribution in [3.8, 4) is 6.07 Å². The van der Waals surface area contributed by atoms with E-state index in [1.165, 1.54) is 6.42 Å². The molecule has 1 fully saturated rings. The molecule has 1 rings (SSSR count). The molecule has 3 atom stereocenters. The summed E-state index contributed by atoms with van der Waals surface area (Å²) >= 11 is 0. The van der Waals surface area contributed by atoms with Gasteiger partial charge in [-0.25, -0.2) is 0 Å². The van der Waals surface area contributed by atoms with Gasteiger partial charge in [0.25, 0.3) is 0 Å². The van der Waals surface area contributed by atoms with E-state index in [9.17, 15) is 5.26 Å². The van der Waals surface area contributed by atoms with Crippen molar-refractivity contribution in [1.82, 2.24) is 0 Å². The van der Waals surface area contributed by atoms with Crippen LogP contribution in [0.25, 0.3) is 0 Å². The quantitative estimate of drug-likeness (QED) is 0.714. The topological polar surface area (TPSA) is 33.0 Å². The zero-order valence-corrected chi connectivity index (χ0v) is 10.4. The number of ether oxygens (including phenoxy) is 1. The van der Waals surface area contributed by atoms with Gasteiger partial charge in [0.2, 0.25) is 0 Å². The summed E-state index contributed by atoms with van der Waals surface area (Å²) in [5.41, 5.74) is -0.513. The molecule has 0 amide bonds. The van der Waals surface area contributed by atoms with E-state index >= 15 is 0 Å². The van der Waals surface area contributed by atoms with Crippen molar-refractivity contribution >= 4 is 0 Å². The first kappa shape index (κ1) is 12.5. The van der Waals surface area contributed by atoms with Gasteiger partial charge in [0.05, 0.1) is 6.07 Å². The normalized spacial score (nSPS) is 36.5. The smallest absolute Gasteiger partial charge is 0.157 e. The highest BCUT2D eigenvalue weighted by atomic mass is 16.5. The molecule has 0 heterocycles. The molecule has 1 aliphatic rings. The minimum atomic E-state index is -0.513. The van der Waals surface area contributed by atoms with Crippen LogP contribution in [-0.2, 0) is 4.74 Å². The third-order valence-corrected chi connectivity index (χ3v) is 3.62. The van der Waals surface area contributed by atoms with Gasteiger partial charge in [-0.15, -0.1) is 0 Å². The predicted octanol–water partition coefficient (Wildman–Crippen LogP) is 3.38. The Balaban J connectivity index is 2.89. The second-order valence-corrected chi connectivity index (χ2v) is 5.17. The molecule has 2 heteroatoms. The molecular formula is C13H23NO. The molecule has 0 bridgehead atoms. The van der Waals surface area contributed by atoms with Gasteiger partial charge >= 0.3 is 0 Å². The Morgan fingerprint density at radius 3 is 2.60 bits per heavy atom. The van der Waals surface area contributed by atoms with E-state index in [2.05, 4.69) is 26.8 Å². The lowest BCUT2D eigenvalue weighted by molar-refractivity contribution is -0.0874. The first-order valence-electron chi connectivity index (χ1n) is 6.11. The van der Waals surface area contributed by atoms with Gasteiger partial charge in [-0.2, -0.15) is 5.26 Å². The number of rotatable bonds is 3. The average molecular weight is 209 g/mol. The summed E-state index contributed by atoms with van der Waals surface area (Å²) in [5, 5.41) is 9.43. The van der Waals surface area contributed by atoms with Crippen molar-refractivity contribution in [2.45, 2.75) is 52.6 Å². The second kappa shape index (κ2) is 4.99. The summed E-state index contributed by atoms with van der Waals surface area (Å²) in [5.74, 6) is 1.55. The van der Waals surface area contributed by atoms with Crippen LogP contribution in [0.2, 0.25) is 0 Å². The standard InChI is InChI=1S/C13H23NO/c1-5-15-13(9-14)8-11(4)6-7-12(13)10(2)3/h10-12H,5-8H2,1-4H3. The van der Waals surface area contributed by atoms with Crippen molar-refractivity contribution in [3.63, 3.8) is 0 Å². The molecule has 0 aromatic rings. The van der Waals surface area contributed by atoms with Crippen LogP contribution >= 0.6 is 0 Å². The molecule has 2 nitrogen and oxygen atoms in total. The summed E-state index contributed by atoms with van der Waals surface area (Å²) in [4.78, 5) is 0. The van der Waals surface area contributed by atoms with Gasteiger partial charge in [0.1, 0.15) is 0 Å². The van der Waals surface area contributed by atoms with Gasteiger partial charge in [-0.05, 0) is 31.6 Å². The van der Waals surface area contributed by atoms with E-state index in [1.807, 2.05) is 6.92 Å². The lowest BCUT2D eigenvalue weighted by atomic mass is 9.67. The van der Waals surface area contributed by atoms with E-state index in [0.29, 0.717) is 24.4 Å². The number of hydrogen-bond donors (Lipinski definition) is 0. The first-order chi connectivity index (χ1) is 7.05. The van der Waals surface area contributed by atoms with Gasteiger partial charge in [-0.1, -0.05) is 27.2 Å². The van der Waals surface area contributed by atoms with Crippen LogP contribution in [0.4, 0.5) is 0 Å². The molecule has 0 N–H and O–H groups in total. The SMILES string of the molecule is CCOC1(C#N)CC(C)CCC1C(C)C. The third-order valence-electron chi connectivity index (χ3n) is 3.62. The van der Waals surface area contributed by atoms with Crippen molar-refractivity contribution in [1.29, 1.82) is 5.26 Å². The lowest BCUT2D eigenvalue weighted by Gasteiger charge is -2.43. The molecular weight excluding hydrogens is 186 g/mol. The molecule has 0 aromatic heterocycles. The number of nitriles is 1. The Hall–Kier alpha value is -0.550. The zero-order chi connectivity index (χ0) is 11.5. The fourth-order valence-corrected chi connectivity index (χ4v) is 2.92. The van der Waals surface area contributed by atoms with E-state index in [0.717, 1.165) is 12.8 Å². The molecule has 0 saturated heterocycles. The summed E-state index contributed by atoms with van der Waals surface area (Å²) in [6.45, 7) is 9.25. The maximum atomic E-state index is 9.43. The van der Waals surface area contributed by atoms with Crippen molar-refractivity contribution < 1.29 is 4.74 Å². The Labute approximate surface area is 93.6 Å². The van der Waals surface area contributed by atoms with Crippen molar-refractivity contribution in [2.24, 2.45) is 17.8 Å². The molecule has 15 heavy (non-hydrogen) atoms. The van der Waals surface area contributed by atoms with Crippen LogP contribution in [0, 0.1) is 29.1 Å². The van der Waals surface area contributed by atoms with E-state index in [-0.39, 0.29) is 0 Å². The Morgan fingerprint density at radius 1 is 1.47 bits per heavy atom. The summed E-state index contributed by atoms with van der Waals surface area (Å²) in [6.07, 6.45) is 3.27. The summed E-state index contributed by atoms with van der Waals surface area (Å²) in [6, 6.07) is 2.46. The van der Waals surface area contributed by atoms with Crippen LogP contribution in [0.3, 0.4) is 0 Å². The highest BCUT2D eigenvalue weighted by Gasteiger charge is 2.45. The number of hydrogen-bond acceptors (Lipinski definition) is 2.